The second-order valence-electron chi connectivity index (χ2n) is 3.48. The van der Waals surface area contributed by atoms with Crippen LogP contribution in [0.5, 0.6) is 0 Å². The molecule has 0 amide bonds. The molecule has 1 fully saturated rings. The Hall–Kier alpha value is -1.04. The van der Waals surface area contributed by atoms with Gasteiger partial charge in [-0.2, -0.15) is 0 Å². The van der Waals surface area contributed by atoms with Crippen molar-refractivity contribution in [2.75, 3.05) is 18.6 Å². The van der Waals surface area contributed by atoms with Crippen LogP contribution in [0.1, 0.15) is 12.8 Å². The van der Waals surface area contributed by atoms with Gasteiger partial charge in [-0.15, -0.1) is 0 Å². The van der Waals surface area contributed by atoms with Gasteiger partial charge < -0.3 is 10.1 Å². The number of ether oxygens (including phenoxy) is 1. The third-order valence-corrected chi connectivity index (χ3v) is 4.04. The molecule has 6 heteroatoms. The van der Waals surface area contributed by atoms with Crippen LogP contribution in [-0.4, -0.2) is 39.0 Å². The number of nitrogens with one attached hydrogen (secondary N) is 1. The summed E-state index contributed by atoms with van der Waals surface area (Å²) in [6.45, 7) is 0. The molecule has 5 nitrogen and oxygen atoms in total. The maximum absolute atomic E-state index is 11.3. The Labute approximate surface area is 89.4 Å². The van der Waals surface area contributed by atoms with E-state index < -0.39 is 15.8 Å². The van der Waals surface area contributed by atoms with Crippen molar-refractivity contribution in [3.63, 3.8) is 0 Å². The van der Waals surface area contributed by atoms with Gasteiger partial charge in [-0.3, -0.25) is 0 Å². The van der Waals surface area contributed by atoms with E-state index in [0.717, 1.165) is 6.42 Å². The number of hydrogen-bond donors (Lipinski definition) is 1. The highest BCUT2D eigenvalue weighted by atomic mass is 32.2. The summed E-state index contributed by atoms with van der Waals surface area (Å²) in [4.78, 5) is 10.7. The average Bonchev–Trinajstić information content (AvgIpc) is 2.16. The molecule has 0 bridgehead atoms. The monoisotopic (exact) mass is 233 g/mol. The van der Waals surface area contributed by atoms with E-state index in [9.17, 15) is 13.2 Å². The quantitative estimate of drug-likeness (QED) is 0.541. The smallest absolute Gasteiger partial charge is 0.331 e. The normalized spacial score (nSPS) is 25.0. The fourth-order valence-electron chi connectivity index (χ4n) is 1.47. The van der Waals surface area contributed by atoms with Gasteiger partial charge in [-0.25, -0.2) is 13.2 Å². The molecular weight excluding hydrogens is 218 g/mol. The predicted octanol–water partition coefficient (Wildman–Crippen LogP) is -0.160. The molecule has 0 aromatic carbocycles. The lowest BCUT2D eigenvalue weighted by Gasteiger charge is -2.21. The molecule has 0 aromatic rings. The van der Waals surface area contributed by atoms with Gasteiger partial charge in [0.05, 0.1) is 18.6 Å². The molecule has 0 aromatic heterocycles. The molecule has 86 valence electrons. The van der Waals surface area contributed by atoms with Gasteiger partial charge in [0.25, 0.3) is 0 Å². The third kappa shape index (κ3) is 4.33. The zero-order valence-corrected chi connectivity index (χ0v) is 9.42. The first-order valence-corrected chi connectivity index (χ1v) is 6.56. The van der Waals surface area contributed by atoms with E-state index in [1.165, 1.54) is 19.4 Å². The van der Waals surface area contributed by atoms with E-state index in [1.807, 2.05) is 0 Å². The highest BCUT2D eigenvalue weighted by Crippen LogP contribution is 2.11. The van der Waals surface area contributed by atoms with Crippen molar-refractivity contribution in [3.8, 4) is 0 Å². The molecule has 1 aliphatic heterocycles. The van der Waals surface area contributed by atoms with Crippen molar-refractivity contribution in [2.24, 2.45) is 0 Å². The van der Waals surface area contributed by atoms with E-state index in [4.69, 9.17) is 0 Å². The van der Waals surface area contributed by atoms with Crippen molar-refractivity contribution in [1.29, 1.82) is 0 Å². The molecule has 1 rings (SSSR count). The highest BCUT2D eigenvalue weighted by Gasteiger charge is 2.23. The van der Waals surface area contributed by atoms with Crippen LogP contribution in [0.25, 0.3) is 0 Å². The number of methoxy groups -OCH3 is 1. The Bertz CT molecular complexity index is 347. The first-order chi connectivity index (χ1) is 7.03. The van der Waals surface area contributed by atoms with Gasteiger partial charge in [-0.05, 0) is 12.8 Å². The van der Waals surface area contributed by atoms with Gasteiger partial charge in [0.2, 0.25) is 0 Å². The SMILES string of the molecule is COC(=O)/C=C/NC1CCCS(=O)(=O)C1. The number of hydrogen-bond acceptors (Lipinski definition) is 5. The lowest BCUT2D eigenvalue weighted by molar-refractivity contribution is -0.134. The van der Waals surface area contributed by atoms with Gasteiger partial charge in [0.1, 0.15) is 0 Å². The van der Waals surface area contributed by atoms with Gasteiger partial charge in [0, 0.05) is 18.3 Å². The second-order valence-corrected chi connectivity index (χ2v) is 5.71. The van der Waals surface area contributed by atoms with Crippen molar-refractivity contribution >= 4 is 15.8 Å². The summed E-state index contributed by atoms with van der Waals surface area (Å²) >= 11 is 0. The Morgan fingerprint density at radius 3 is 2.87 bits per heavy atom. The van der Waals surface area contributed by atoms with Gasteiger partial charge >= 0.3 is 5.97 Å². The van der Waals surface area contributed by atoms with Crippen molar-refractivity contribution in [2.45, 2.75) is 18.9 Å². The van der Waals surface area contributed by atoms with Crippen LogP contribution in [0.2, 0.25) is 0 Å². The molecule has 0 saturated carbocycles. The molecule has 1 saturated heterocycles. The minimum atomic E-state index is -2.90. The van der Waals surface area contributed by atoms with Crippen LogP contribution >= 0.6 is 0 Å². The van der Waals surface area contributed by atoms with Gasteiger partial charge in [-0.1, -0.05) is 0 Å². The first-order valence-electron chi connectivity index (χ1n) is 4.74. The fourth-order valence-corrected chi connectivity index (χ4v) is 3.12. The third-order valence-electron chi connectivity index (χ3n) is 2.22. The van der Waals surface area contributed by atoms with Crippen LogP contribution in [0.15, 0.2) is 12.3 Å². The summed E-state index contributed by atoms with van der Waals surface area (Å²) in [5.74, 6) is -0.0501. The largest absolute Gasteiger partial charge is 0.466 e. The molecule has 0 spiro atoms. The van der Waals surface area contributed by atoms with Crippen LogP contribution in [0.4, 0.5) is 0 Å². The van der Waals surface area contributed by atoms with Crippen molar-refractivity contribution in [3.05, 3.63) is 12.3 Å². The van der Waals surface area contributed by atoms with E-state index in [0.29, 0.717) is 6.42 Å². The maximum atomic E-state index is 11.3. The molecule has 1 atom stereocenters. The Kier molecular flexibility index (Phi) is 4.14. The predicted molar refractivity (Wildman–Crippen MR) is 56.0 cm³/mol. The minimum Gasteiger partial charge on any atom is -0.466 e. The Balaban J connectivity index is 2.39. The number of carbonyl (C=O) groups is 1. The van der Waals surface area contributed by atoms with Gasteiger partial charge in [0.15, 0.2) is 9.84 Å². The molecule has 0 aliphatic carbocycles. The molecule has 0 radical (unpaired) electrons. The second kappa shape index (κ2) is 5.16. The lowest BCUT2D eigenvalue weighted by atomic mass is 10.2. The molecular formula is C9H15NO4S. The van der Waals surface area contributed by atoms with Crippen LogP contribution in [0, 0.1) is 0 Å². The summed E-state index contributed by atoms with van der Waals surface area (Å²) < 4.78 is 26.9. The van der Waals surface area contributed by atoms with E-state index in [2.05, 4.69) is 10.1 Å². The lowest BCUT2D eigenvalue weighted by Crippen LogP contribution is -2.37. The van der Waals surface area contributed by atoms with Crippen LogP contribution < -0.4 is 5.32 Å². The van der Waals surface area contributed by atoms with Crippen LogP contribution in [-0.2, 0) is 19.4 Å². The standard InChI is InChI=1S/C9H15NO4S/c1-14-9(11)4-5-10-8-3-2-6-15(12,13)7-8/h4-5,8,10H,2-3,6-7H2,1H3/b5-4+. The molecule has 1 N–H and O–H groups in total. The summed E-state index contributed by atoms with van der Waals surface area (Å²) in [6, 6.07) is -0.0929. The number of rotatable bonds is 3. The van der Waals surface area contributed by atoms with Crippen LogP contribution in [0.3, 0.4) is 0 Å². The molecule has 15 heavy (non-hydrogen) atoms. The molecule has 1 aliphatic rings. The average molecular weight is 233 g/mol. The Morgan fingerprint density at radius 1 is 1.53 bits per heavy atom. The summed E-state index contributed by atoms with van der Waals surface area (Å²) in [5.41, 5.74) is 0. The maximum Gasteiger partial charge on any atom is 0.331 e. The van der Waals surface area contributed by atoms with Crippen molar-refractivity contribution < 1.29 is 17.9 Å². The summed E-state index contributed by atoms with van der Waals surface area (Å²) in [7, 11) is -1.61. The molecule has 1 heterocycles. The summed E-state index contributed by atoms with van der Waals surface area (Å²) in [5, 5.41) is 2.88. The minimum absolute atomic E-state index is 0.0929. The zero-order valence-electron chi connectivity index (χ0n) is 8.60. The molecule has 1 unspecified atom stereocenters. The summed E-state index contributed by atoms with van der Waals surface area (Å²) in [6.07, 6.45) is 4.16. The number of carbonyl (C=O) groups excluding carboxylic acids is 1. The number of sulfone groups is 1. The topological polar surface area (TPSA) is 72.5 Å². The van der Waals surface area contributed by atoms with E-state index in [1.54, 1.807) is 0 Å². The first kappa shape index (κ1) is 12.0. The van der Waals surface area contributed by atoms with E-state index in [-0.39, 0.29) is 17.5 Å². The zero-order chi connectivity index (χ0) is 11.3. The number of esters is 1. The highest BCUT2D eigenvalue weighted by molar-refractivity contribution is 7.91. The fraction of sp³-hybridized carbons (Fsp3) is 0.667. The Morgan fingerprint density at radius 2 is 2.27 bits per heavy atom. The van der Waals surface area contributed by atoms with Crippen molar-refractivity contribution in [1.82, 2.24) is 5.32 Å². The van der Waals surface area contributed by atoms with E-state index >= 15 is 0 Å².